The lowest BCUT2D eigenvalue weighted by Crippen LogP contribution is -2.61. The Hall–Kier alpha value is -3.08. The Bertz CT molecular complexity index is 1450. The summed E-state index contributed by atoms with van der Waals surface area (Å²) in [5, 5.41) is 5.84. The fourth-order valence-electron chi connectivity index (χ4n) is 6.05. The zero-order valence-corrected chi connectivity index (χ0v) is 42.0. The quantitative estimate of drug-likeness (QED) is 0.0630. The van der Waals surface area contributed by atoms with Gasteiger partial charge in [-0.3, -0.25) is 19.2 Å². The minimum atomic E-state index is -1.08. The number of nitrogens with one attached hydrogen (secondary N) is 2. The molecule has 0 aromatic heterocycles. The van der Waals surface area contributed by atoms with Crippen molar-refractivity contribution in [1.82, 2.24) is 20.4 Å². The molecule has 60 heavy (non-hydrogen) atoms. The third-order valence-corrected chi connectivity index (χ3v) is 14.6. The van der Waals surface area contributed by atoms with E-state index < -0.39 is 80.3 Å². The van der Waals surface area contributed by atoms with E-state index in [9.17, 15) is 28.8 Å². The van der Waals surface area contributed by atoms with Crippen LogP contribution in [-0.2, 0) is 38.2 Å². The van der Waals surface area contributed by atoms with Crippen LogP contribution in [0.5, 0.6) is 0 Å². The van der Waals surface area contributed by atoms with Crippen molar-refractivity contribution >= 4 is 57.2 Å². The molecular weight excluding hydrogens is 805 g/mol. The average Bonchev–Trinajstić information content (AvgIpc) is 3.13. The molecule has 0 radical (unpaired) electrons. The summed E-state index contributed by atoms with van der Waals surface area (Å²) >= 11 is 0. The smallest absolute Gasteiger partial charge is 0.333 e. The van der Waals surface area contributed by atoms with Gasteiger partial charge in [0.15, 0.2) is 0 Å². The SMILES string of the molecule is CCOC(=O)/C(C)=C/[C@H](C(C)C)N(C)C(=O)[C@@H](NC(=O)[C@@H](N)C(C)(C)SSC(C)(C)[C@H](N)C(=O)N[C@H](C(=O)N(C)[C@H](/C=C(\C)C(=O)OCC)C(C)C)C(C)(C)C)C(C)(C)C. The van der Waals surface area contributed by atoms with E-state index in [1.165, 1.54) is 21.6 Å². The Morgan fingerprint density at radius 1 is 0.583 bits per heavy atom. The molecule has 0 aromatic carbocycles. The molecule has 14 nitrogen and oxygen atoms in total. The third-order valence-electron chi connectivity index (χ3n) is 10.3. The summed E-state index contributed by atoms with van der Waals surface area (Å²) < 4.78 is 8.46. The number of nitrogens with zero attached hydrogens (tertiary/aromatic N) is 2. The van der Waals surface area contributed by atoms with Gasteiger partial charge in [0.25, 0.3) is 0 Å². The second kappa shape index (κ2) is 23.4. The molecule has 0 bridgehead atoms. The third kappa shape index (κ3) is 16.7. The Kier molecular flexibility index (Phi) is 22.2. The lowest BCUT2D eigenvalue weighted by atomic mass is 9.84. The maximum Gasteiger partial charge on any atom is 0.333 e. The van der Waals surface area contributed by atoms with Crippen molar-refractivity contribution in [3.8, 4) is 0 Å². The molecule has 0 heterocycles. The van der Waals surface area contributed by atoms with E-state index in [-0.39, 0.29) is 36.9 Å². The number of carbonyl (C=O) groups is 6. The summed E-state index contributed by atoms with van der Waals surface area (Å²) in [6.45, 7) is 33.3. The molecule has 0 saturated heterocycles. The Balaban J connectivity index is 6.20. The van der Waals surface area contributed by atoms with Crippen molar-refractivity contribution in [3.63, 3.8) is 0 Å². The maximum absolute atomic E-state index is 14.1. The van der Waals surface area contributed by atoms with E-state index >= 15 is 0 Å². The standard InChI is InChI=1S/C44H80N6O8S2/c1-21-57-39(55)27(7)23-29(25(3)4)49(19)37(53)33(41(9,10)11)47-35(51)31(45)43(15,16)59-60-44(17,18)32(46)36(52)48-34(42(12,13)14)38(54)50(20)30(26(5)6)24-28(8)40(56)58-22-2/h23-26,29-34H,21-22,45-46H2,1-20H3,(H,47,51)(H,48,52)/b27-23+,28-24+/t29-,30-,31-,32-,33-,34-/m1/s1. The van der Waals surface area contributed by atoms with Gasteiger partial charge in [0.05, 0.1) is 37.4 Å². The van der Waals surface area contributed by atoms with E-state index in [1.807, 2.05) is 96.9 Å². The van der Waals surface area contributed by atoms with Crippen LogP contribution in [-0.4, -0.2) is 118 Å². The number of hydrogen-bond donors (Lipinski definition) is 4. The number of esters is 2. The van der Waals surface area contributed by atoms with E-state index in [0.717, 1.165) is 0 Å². The molecule has 0 aliphatic rings. The van der Waals surface area contributed by atoms with Crippen molar-refractivity contribution in [3.05, 3.63) is 23.3 Å². The molecule has 0 spiro atoms. The first-order chi connectivity index (χ1) is 27.1. The predicted octanol–water partition coefficient (Wildman–Crippen LogP) is 5.63. The molecule has 6 N–H and O–H groups in total. The number of rotatable bonds is 21. The van der Waals surface area contributed by atoms with Crippen LogP contribution >= 0.6 is 21.6 Å². The van der Waals surface area contributed by atoms with Crippen LogP contribution in [0.4, 0.5) is 0 Å². The van der Waals surface area contributed by atoms with Crippen LogP contribution in [0.2, 0.25) is 0 Å². The van der Waals surface area contributed by atoms with Gasteiger partial charge in [-0.2, -0.15) is 0 Å². The number of hydrogen-bond acceptors (Lipinski definition) is 12. The number of nitrogens with two attached hydrogens (primary N) is 2. The number of amides is 4. The van der Waals surface area contributed by atoms with Crippen molar-refractivity contribution < 1.29 is 38.2 Å². The van der Waals surface area contributed by atoms with Crippen molar-refractivity contribution in [2.75, 3.05) is 27.3 Å². The van der Waals surface area contributed by atoms with Crippen LogP contribution < -0.4 is 22.1 Å². The molecule has 0 aliphatic carbocycles. The summed E-state index contributed by atoms with van der Waals surface area (Å²) in [5.41, 5.74) is 12.6. The predicted molar refractivity (Wildman–Crippen MR) is 246 cm³/mol. The first-order valence-electron chi connectivity index (χ1n) is 20.8. The van der Waals surface area contributed by atoms with Gasteiger partial charge < -0.3 is 41.4 Å². The average molecular weight is 885 g/mol. The molecular formula is C44H80N6O8S2. The molecule has 0 fully saturated rings. The van der Waals surface area contributed by atoms with Crippen LogP contribution in [0.1, 0.15) is 125 Å². The van der Waals surface area contributed by atoms with Gasteiger partial charge in [-0.15, -0.1) is 0 Å². The zero-order chi connectivity index (χ0) is 47.5. The van der Waals surface area contributed by atoms with Crippen molar-refractivity contribution in [1.29, 1.82) is 0 Å². The Labute approximate surface area is 369 Å². The topological polar surface area (TPSA) is 203 Å². The van der Waals surface area contributed by atoms with E-state index in [2.05, 4.69) is 10.6 Å². The fourth-order valence-corrected chi connectivity index (χ4v) is 8.82. The lowest BCUT2D eigenvalue weighted by molar-refractivity contribution is -0.141. The molecule has 346 valence electrons. The molecule has 0 aromatic rings. The maximum atomic E-state index is 14.1. The van der Waals surface area contributed by atoms with Crippen LogP contribution in [0.3, 0.4) is 0 Å². The molecule has 16 heteroatoms. The highest BCUT2D eigenvalue weighted by Gasteiger charge is 2.44. The number of carbonyl (C=O) groups excluding carboxylic acids is 6. The van der Waals surface area contributed by atoms with Gasteiger partial charge in [-0.25, -0.2) is 9.59 Å². The van der Waals surface area contributed by atoms with Gasteiger partial charge in [-0.1, -0.05) is 103 Å². The lowest BCUT2D eigenvalue weighted by Gasteiger charge is -2.40. The first-order valence-corrected chi connectivity index (χ1v) is 23.0. The van der Waals surface area contributed by atoms with E-state index in [0.29, 0.717) is 11.1 Å². The molecule has 0 saturated carbocycles. The van der Waals surface area contributed by atoms with Gasteiger partial charge in [0.2, 0.25) is 23.6 Å². The van der Waals surface area contributed by atoms with Gasteiger partial charge in [0.1, 0.15) is 12.1 Å². The summed E-state index contributed by atoms with van der Waals surface area (Å²) in [6.07, 6.45) is 3.43. The normalized spacial score (nSPS) is 16.3. The number of ether oxygens (including phenoxy) is 2. The summed E-state index contributed by atoms with van der Waals surface area (Å²) in [5.74, 6) is -2.77. The molecule has 0 unspecified atom stereocenters. The minimum Gasteiger partial charge on any atom is -0.463 e. The Morgan fingerprint density at radius 3 is 1.07 bits per heavy atom. The van der Waals surface area contributed by atoms with Crippen LogP contribution in [0.25, 0.3) is 0 Å². The van der Waals surface area contributed by atoms with Gasteiger partial charge >= 0.3 is 11.9 Å². The minimum absolute atomic E-state index is 0.0553. The highest BCUT2D eigenvalue weighted by molar-refractivity contribution is 8.77. The first kappa shape index (κ1) is 56.9. The second-order valence-electron chi connectivity index (χ2n) is 19.5. The van der Waals surface area contributed by atoms with Crippen LogP contribution in [0.15, 0.2) is 23.3 Å². The molecule has 4 amide bonds. The van der Waals surface area contributed by atoms with Gasteiger partial charge in [-0.05, 0) is 78.1 Å². The van der Waals surface area contributed by atoms with E-state index in [1.54, 1.807) is 63.7 Å². The second-order valence-corrected chi connectivity index (χ2v) is 22.9. The summed E-state index contributed by atoms with van der Waals surface area (Å²) in [6, 6.07) is -4.98. The molecule has 0 rings (SSSR count). The Morgan fingerprint density at radius 2 is 0.850 bits per heavy atom. The largest absolute Gasteiger partial charge is 0.463 e. The zero-order valence-electron chi connectivity index (χ0n) is 40.3. The summed E-state index contributed by atoms with van der Waals surface area (Å²) in [4.78, 5) is 83.8. The van der Waals surface area contributed by atoms with Crippen molar-refractivity contribution in [2.45, 2.75) is 170 Å². The monoisotopic (exact) mass is 885 g/mol. The summed E-state index contributed by atoms with van der Waals surface area (Å²) in [7, 11) is 5.90. The number of likely N-dealkylation sites (N-methyl/N-ethyl adjacent to an activating group) is 2. The van der Waals surface area contributed by atoms with Crippen molar-refractivity contribution in [2.24, 2.45) is 34.1 Å². The van der Waals surface area contributed by atoms with Gasteiger partial charge in [0, 0.05) is 34.7 Å². The highest BCUT2D eigenvalue weighted by atomic mass is 33.1. The fraction of sp³-hybridized carbons (Fsp3) is 0.773. The van der Waals surface area contributed by atoms with E-state index in [4.69, 9.17) is 20.9 Å². The molecule has 6 atom stereocenters. The van der Waals surface area contributed by atoms with Crippen LogP contribution in [0, 0.1) is 22.7 Å². The molecule has 0 aliphatic heterocycles. The highest BCUT2D eigenvalue weighted by Crippen LogP contribution is 2.46.